The minimum Gasteiger partial charge on any atom is -0.492 e. The molecule has 1 fully saturated rings. The SMILES string of the molecule is CCOC(=O)C1CCN(C(c2ccccc2Cl)c2sc3nc(-c4ccco4)nn3c2O)CC1. The number of carbonyl (C=O) groups excluding carboxylic acids is 1. The summed E-state index contributed by atoms with van der Waals surface area (Å²) in [5, 5.41) is 16.2. The maximum Gasteiger partial charge on any atom is 0.309 e. The first kappa shape index (κ1) is 21.9. The van der Waals surface area contributed by atoms with Gasteiger partial charge in [0.25, 0.3) is 0 Å². The number of aromatic nitrogens is 3. The van der Waals surface area contributed by atoms with Crippen molar-refractivity contribution in [3.63, 3.8) is 0 Å². The van der Waals surface area contributed by atoms with Crippen LogP contribution in [0.5, 0.6) is 5.88 Å². The normalized spacial score (nSPS) is 16.3. The largest absolute Gasteiger partial charge is 0.492 e. The molecule has 10 heteroatoms. The Morgan fingerprint density at radius 1 is 1.30 bits per heavy atom. The standard InChI is InChI=1S/C23H23ClN4O4S/c1-2-31-22(30)14-9-11-27(12-10-14)18(15-6-3-4-7-16(15)24)19-21(29)28-23(33-19)25-20(26-28)17-8-5-13-32-17/h3-8,13-14,18,29H,2,9-12H2,1H3. The van der Waals surface area contributed by atoms with Crippen LogP contribution in [-0.4, -0.2) is 50.3 Å². The Bertz CT molecular complexity index is 1260. The van der Waals surface area contributed by atoms with E-state index in [-0.39, 0.29) is 23.8 Å². The van der Waals surface area contributed by atoms with Crippen molar-refractivity contribution in [3.05, 3.63) is 58.1 Å². The molecule has 0 bridgehead atoms. The number of fused-ring (bicyclic) bond motifs is 1. The van der Waals surface area contributed by atoms with Gasteiger partial charge in [-0.05, 0) is 56.6 Å². The molecule has 0 saturated carbocycles. The Hall–Kier alpha value is -2.88. The summed E-state index contributed by atoms with van der Waals surface area (Å²) < 4.78 is 12.0. The molecule has 0 radical (unpaired) electrons. The Morgan fingerprint density at radius 2 is 2.09 bits per heavy atom. The van der Waals surface area contributed by atoms with Crippen LogP contribution in [-0.2, 0) is 9.53 Å². The predicted octanol–water partition coefficient (Wildman–Crippen LogP) is 4.77. The minimum absolute atomic E-state index is 0.0257. The van der Waals surface area contributed by atoms with Crippen molar-refractivity contribution in [2.45, 2.75) is 25.8 Å². The number of hydrogen-bond donors (Lipinski definition) is 1. The topological polar surface area (TPSA) is 93.1 Å². The number of piperidine rings is 1. The number of thiazole rings is 1. The molecule has 33 heavy (non-hydrogen) atoms. The lowest BCUT2D eigenvalue weighted by atomic mass is 9.93. The van der Waals surface area contributed by atoms with Crippen LogP contribution in [0, 0.1) is 5.92 Å². The van der Waals surface area contributed by atoms with Gasteiger partial charge in [0.1, 0.15) is 0 Å². The van der Waals surface area contributed by atoms with E-state index in [1.54, 1.807) is 18.4 Å². The summed E-state index contributed by atoms with van der Waals surface area (Å²) in [7, 11) is 0. The summed E-state index contributed by atoms with van der Waals surface area (Å²) in [4.78, 5) is 20.3. The number of furan rings is 1. The summed E-state index contributed by atoms with van der Waals surface area (Å²) >= 11 is 7.97. The van der Waals surface area contributed by atoms with E-state index in [0.29, 0.717) is 59.0 Å². The Balaban J connectivity index is 1.50. The number of nitrogens with zero attached hydrogens (tertiary/aromatic N) is 4. The molecule has 0 spiro atoms. The maximum atomic E-state index is 12.2. The molecule has 172 valence electrons. The van der Waals surface area contributed by atoms with Gasteiger partial charge in [0.2, 0.25) is 16.7 Å². The van der Waals surface area contributed by atoms with Crippen molar-refractivity contribution in [3.8, 4) is 17.5 Å². The lowest BCUT2D eigenvalue weighted by Gasteiger charge is -2.36. The smallest absolute Gasteiger partial charge is 0.309 e. The highest BCUT2D eigenvalue weighted by atomic mass is 35.5. The number of benzene rings is 1. The average molecular weight is 487 g/mol. The third-order valence-corrected chi connectivity index (χ3v) is 7.32. The lowest BCUT2D eigenvalue weighted by molar-refractivity contribution is -0.149. The van der Waals surface area contributed by atoms with Crippen molar-refractivity contribution in [2.24, 2.45) is 5.92 Å². The number of esters is 1. The van der Waals surface area contributed by atoms with E-state index in [1.807, 2.05) is 31.2 Å². The van der Waals surface area contributed by atoms with Crippen molar-refractivity contribution in [2.75, 3.05) is 19.7 Å². The van der Waals surface area contributed by atoms with Gasteiger partial charge in [-0.15, -0.1) is 5.10 Å². The Labute approximate surface area is 199 Å². The molecule has 1 aliphatic rings. The second-order valence-electron chi connectivity index (χ2n) is 7.88. The summed E-state index contributed by atoms with van der Waals surface area (Å²) in [5.74, 6) is 0.726. The van der Waals surface area contributed by atoms with E-state index in [1.165, 1.54) is 15.9 Å². The van der Waals surface area contributed by atoms with Gasteiger partial charge in [-0.2, -0.15) is 9.50 Å². The summed E-state index contributed by atoms with van der Waals surface area (Å²) in [6.07, 6.45) is 2.93. The van der Waals surface area contributed by atoms with Crippen LogP contribution in [0.1, 0.15) is 36.2 Å². The van der Waals surface area contributed by atoms with Gasteiger partial charge in [-0.3, -0.25) is 9.69 Å². The highest BCUT2D eigenvalue weighted by molar-refractivity contribution is 7.17. The van der Waals surface area contributed by atoms with E-state index in [2.05, 4.69) is 15.0 Å². The highest BCUT2D eigenvalue weighted by Crippen LogP contribution is 2.43. The van der Waals surface area contributed by atoms with Crippen LogP contribution < -0.4 is 0 Å². The zero-order chi connectivity index (χ0) is 22.9. The van der Waals surface area contributed by atoms with Crippen LogP contribution in [0.3, 0.4) is 0 Å². The quantitative estimate of drug-likeness (QED) is 0.392. The van der Waals surface area contributed by atoms with E-state index in [4.69, 9.17) is 20.8 Å². The highest BCUT2D eigenvalue weighted by Gasteiger charge is 2.35. The first-order chi connectivity index (χ1) is 16.1. The van der Waals surface area contributed by atoms with Crippen LogP contribution in [0.25, 0.3) is 16.5 Å². The van der Waals surface area contributed by atoms with E-state index in [9.17, 15) is 9.90 Å². The lowest BCUT2D eigenvalue weighted by Crippen LogP contribution is -2.39. The minimum atomic E-state index is -0.289. The molecule has 4 heterocycles. The van der Waals surface area contributed by atoms with Gasteiger partial charge in [0.05, 0.1) is 29.7 Å². The Morgan fingerprint density at radius 3 is 2.76 bits per heavy atom. The third-order valence-electron chi connectivity index (χ3n) is 5.90. The zero-order valence-electron chi connectivity index (χ0n) is 18.0. The second kappa shape index (κ2) is 9.17. The molecule has 0 amide bonds. The average Bonchev–Trinajstić information content (AvgIpc) is 3.55. The van der Waals surface area contributed by atoms with Crippen LogP contribution in [0.15, 0.2) is 47.1 Å². The molecule has 1 saturated heterocycles. The zero-order valence-corrected chi connectivity index (χ0v) is 19.6. The van der Waals surface area contributed by atoms with Gasteiger partial charge < -0.3 is 14.3 Å². The predicted molar refractivity (Wildman–Crippen MR) is 124 cm³/mol. The monoisotopic (exact) mass is 486 g/mol. The van der Waals surface area contributed by atoms with E-state index >= 15 is 0 Å². The fourth-order valence-corrected chi connectivity index (χ4v) is 5.64. The van der Waals surface area contributed by atoms with Gasteiger partial charge in [-0.25, -0.2) is 0 Å². The Kier molecular flexibility index (Phi) is 6.09. The van der Waals surface area contributed by atoms with E-state index in [0.717, 1.165) is 5.56 Å². The number of aromatic hydroxyl groups is 1. The van der Waals surface area contributed by atoms with Crippen LogP contribution in [0.4, 0.5) is 0 Å². The molecular weight excluding hydrogens is 464 g/mol. The second-order valence-corrected chi connectivity index (χ2v) is 9.30. The van der Waals surface area contributed by atoms with E-state index < -0.39 is 0 Å². The van der Waals surface area contributed by atoms with Gasteiger partial charge >= 0.3 is 5.97 Å². The molecule has 1 aliphatic heterocycles. The van der Waals surface area contributed by atoms with Gasteiger partial charge in [0.15, 0.2) is 5.76 Å². The first-order valence-corrected chi connectivity index (χ1v) is 12.0. The summed E-state index contributed by atoms with van der Waals surface area (Å²) in [6.45, 7) is 3.55. The molecular formula is C23H23ClN4O4S. The van der Waals surface area contributed by atoms with Gasteiger partial charge in [-0.1, -0.05) is 41.1 Å². The van der Waals surface area contributed by atoms with Gasteiger partial charge in [0, 0.05) is 5.02 Å². The van der Waals surface area contributed by atoms with Crippen molar-refractivity contribution in [1.29, 1.82) is 0 Å². The number of hydrogen-bond acceptors (Lipinski definition) is 8. The molecule has 0 aliphatic carbocycles. The molecule has 3 aromatic heterocycles. The number of halogens is 1. The number of rotatable bonds is 6. The molecule has 1 N–H and O–H groups in total. The maximum absolute atomic E-state index is 12.2. The summed E-state index contributed by atoms with van der Waals surface area (Å²) in [5.41, 5.74) is 0.889. The number of ether oxygens (including phenoxy) is 1. The molecule has 4 aromatic rings. The molecule has 8 nitrogen and oxygen atoms in total. The van der Waals surface area contributed by atoms with Crippen LogP contribution in [0.2, 0.25) is 5.02 Å². The molecule has 5 rings (SSSR count). The molecule has 1 atom stereocenters. The third kappa shape index (κ3) is 4.12. The fourth-order valence-electron chi connectivity index (χ4n) is 4.29. The summed E-state index contributed by atoms with van der Waals surface area (Å²) in [6, 6.07) is 10.9. The van der Waals surface area contributed by atoms with Crippen LogP contribution >= 0.6 is 22.9 Å². The first-order valence-electron chi connectivity index (χ1n) is 10.8. The number of likely N-dealkylation sites (tertiary alicyclic amines) is 1. The fraction of sp³-hybridized carbons (Fsp3) is 0.348. The van der Waals surface area contributed by atoms with Crippen molar-refractivity contribution >= 4 is 33.9 Å². The molecule has 1 aromatic carbocycles. The van der Waals surface area contributed by atoms with Crippen molar-refractivity contribution < 1.29 is 19.1 Å². The molecule has 1 unspecified atom stereocenters. The van der Waals surface area contributed by atoms with Crippen molar-refractivity contribution in [1.82, 2.24) is 19.5 Å². The number of carbonyl (C=O) groups is 1.